The number of anilines is 1. The lowest BCUT2D eigenvalue weighted by molar-refractivity contribution is -0.438. The first-order chi connectivity index (χ1) is 20.9. The van der Waals surface area contributed by atoms with Gasteiger partial charge >= 0.3 is 5.97 Å². The molecule has 0 spiro atoms. The van der Waals surface area contributed by atoms with Crippen LogP contribution in [0.5, 0.6) is 0 Å². The first-order valence-electron chi connectivity index (χ1n) is 15.1. The topological polar surface area (TPSA) is 96.1 Å². The minimum atomic E-state index is -3.82. The van der Waals surface area contributed by atoms with E-state index in [1.807, 2.05) is 18.2 Å². The molecule has 2 aliphatic rings. The molecule has 2 aliphatic heterocycles. The van der Waals surface area contributed by atoms with Gasteiger partial charge in [-0.3, -0.25) is 8.98 Å². The van der Waals surface area contributed by atoms with Gasteiger partial charge in [0, 0.05) is 61.0 Å². The molecule has 4 rings (SSSR count). The molecule has 236 valence electrons. The number of ether oxygens (including phenoxy) is 1. The third-order valence-electron chi connectivity index (χ3n) is 8.69. The fraction of sp³-hybridized carbons (Fsp3) is 0.429. The summed E-state index contributed by atoms with van der Waals surface area (Å²) in [5.41, 5.74) is 5.99. The van der Waals surface area contributed by atoms with E-state index in [0.717, 1.165) is 36.3 Å². The van der Waals surface area contributed by atoms with Crippen molar-refractivity contribution >= 4 is 33.2 Å². The first-order valence-corrected chi connectivity index (χ1v) is 16.5. The molecule has 2 aromatic carbocycles. The molecule has 2 heterocycles. The quantitative estimate of drug-likeness (QED) is 0.112. The molecule has 0 aliphatic carbocycles. The Kier molecular flexibility index (Phi) is 10.3. The monoisotopic (exact) mass is 621 g/mol. The standard InChI is InChI=1S/C35H44N2O6S/c1-34(2)27-15-12-13-16-29(27)36(22-14-8-11-19-33(38)39)31(34)17-9-7-10-18-32-35(3,4)28-25-26(44(40,41)43-6)20-21-30(28)37(32)23-24-42-5/h7,9-10,12-13,15-18,20-21,25H,8,11,14,19,22-24H2,1-6H3/p+1. The van der Waals surface area contributed by atoms with Crippen LogP contribution in [-0.4, -0.2) is 63.7 Å². The van der Waals surface area contributed by atoms with Gasteiger partial charge < -0.3 is 14.7 Å². The normalized spacial score (nSPS) is 18.1. The number of nitrogens with zero attached hydrogens (tertiary/aromatic N) is 2. The van der Waals surface area contributed by atoms with E-state index in [2.05, 4.69) is 79.7 Å². The fourth-order valence-corrected chi connectivity index (χ4v) is 6.98. The summed E-state index contributed by atoms with van der Waals surface area (Å²) in [5, 5.41) is 8.98. The lowest BCUT2D eigenvalue weighted by Crippen LogP contribution is -2.28. The largest absolute Gasteiger partial charge is 0.481 e. The fourth-order valence-electron chi connectivity index (χ4n) is 6.29. The molecule has 0 amide bonds. The number of unbranched alkanes of at least 4 members (excludes halogenated alkanes) is 2. The van der Waals surface area contributed by atoms with E-state index in [-0.39, 0.29) is 16.7 Å². The van der Waals surface area contributed by atoms with E-state index in [1.54, 1.807) is 19.2 Å². The van der Waals surface area contributed by atoms with Gasteiger partial charge in [0.1, 0.15) is 6.54 Å². The summed E-state index contributed by atoms with van der Waals surface area (Å²) < 4.78 is 37.4. The number of hydrogen-bond acceptors (Lipinski definition) is 6. The summed E-state index contributed by atoms with van der Waals surface area (Å²) in [5.74, 6) is -0.745. The number of benzene rings is 2. The summed E-state index contributed by atoms with van der Waals surface area (Å²) in [4.78, 5) is 13.3. The van der Waals surface area contributed by atoms with Gasteiger partial charge in [0.15, 0.2) is 5.71 Å². The molecule has 0 atom stereocenters. The Balaban J connectivity index is 1.61. The number of para-hydroxylation sites is 1. The summed E-state index contributed by atoms with van der Waals surface area (Å²) in [6.07, 6.45) is 13.0. The summed E-state index contributed by atoms with van der Waals surface area (Å²) in [6.45, 7) is 10.7. The van der Waals surface area contributed by atoms with Crippen LogP contribution >= 0.6 is 0 Å². The SMILES string of the molecule is COCCN1/C(=C/C=C/C=C/C2=[N+](CCCCCC(=O)O)c3ccccc3C2(C)C)C(C)(C)c2cc(S(=O)(=O)OC)ccc21. The van der Waals surface area contributed by atoms with E-state index in [9.17, 15) is 13.2 Å². The molecular weight excluding hydrogens is 576 g/mol. The van der Waals surface area contributed by atoms with Crippen molar-refractivity contribution in [2.24, 2.45) is 0 Å². The molecule has 2 aromatic rings. The Morgan fingerprint density at radius 3 is 2.41 bits per heavy atom. The maximum absolute atomic E-state index is 12.4. The van der Waals surface area contributed by atoms with Crippen LogP contribution in [0.15, 0.2) is 83.4 Å². The molecule has 0 unspecified atom stereocenters. The van der Waals surface area contributed by atoms with Crippen molar-refractivity contribution in [3.63, 3.8) is 0 Å². The van der Waals surface area contributed by atoms with E-state index in [1.165, 1.54) is 24.1 Å². The zero-order valence-electron chi connectivity index (χ0n) is 26.7. The molecule has 8 nitrogen and oxygen atoms in total. The van der Waals surface area contributed by atoms with E-state index in [4.69, 9.17) is 14.0 Å². The van der Waals surface area contributed by atoms with Crippen LogP contribution in [-0.2, 0) is 34.7 Å². The summed E-state index contributed by atoms with van der Waals surface area (Å²) in [6, 6.07) is 13.6. The maximum Gasteiger partial charge on any atom is 0.303 e. The lowest BCUT2D eigenvalue weighted by Gasteiger charge is -2.26. The average Bonchev–Trinajstić information content (AvgIpc) is 3.33. The number of allylic oxidation sites excluding steroid dienone is 6. The van der Waals surface area contributed by atoms with Crippen LogP contribution in [0.2, 0.25) is 0 Å². The molecule has 0 saturated carbocycles. The third-order valence-corrected chi connectivity index (χ3v) is 9.96. The molecule has 0 bridgehead atoms. The van der Waals surface area contributed by atoms with Crippen LogP contribution < -0.4 is 4.90 Å². The molecule has 1 N–H and O–H groups in total. The Bertz CT molecular complexity index is 1620. The van der Waals surface area contributed by atoms with Gasteiger partial charge in [-0.15, -0.1) is 0 Å². The highest BCUT2D eigenvalue weighted by molar-refractivity contribution is 7.86. The molecule has 9 heteroatoms. The van der Waals surface area contributed by atoms with Gasteiger partial charge in [0.25, 0.3) is 10.1 Å². The zero-order chi connectivity index (χ0) is 32.1. The second-order valence-electron chi connectivity index (χ2n) is 12.2. The van der Waals surface area contributed by atoms with Crippen molar-refractivity contribution in [3.05, 3.63) is 89.7 Å². The lowest BCUT2D eigenvalue weighted by atomic mass is 9.81. The number of rotatable bonds is 14. The maximum atomic E-state index is 12.4. The van der Waals surface area contributed by atoms with Gasteiger partial charge in [-0.25, -0.2) is 0 Å². The number of methoxy groups -OCH3 is 1. The summed E-state index contributed by atoms with van der Waals surface area (Å²) in [7, 11) is -0.971. The number of aliphatic carboxylic acids is 1. The second-order valence-corrected chi connectivity index (χ2v) is 14.0. The van der Waals surface area contributed by atoms with Crippen molar-refractivity contribution in [2.75, 3.05) is 38.8 Å². The van der Waals surface area contributed by atoms with Gasteiger partial charge in [-0.1, -0.05) is 50.3 Å². The Morgan fingerprint density at radius 1 is 0.955 bits per heavy atom. The van der Waals surface area contributed by atoms with Crippen molar-refractivity contribution < 1.29 is 31.8 Å². The Hall–Kier alpha value is -3.53. The van der Waals surface area contributed by atoms with Crippen molar-refractivity contribution in [2.45, 2.75) is 69.1 Å². The van der Waals surface area contributed by atoms with Crippen LogP contribution in [0.4, 0.5) is 11.4 Å². The van der Waals surface area contributed by atoms with Crippen molar-refractivity contribution in [1.82, 2.24) is 0 Å². The van der Waals surface area contributed by atoms with Gasteiger partial charge in [-0.2, -0.15) is 13.0 Å². The average molecular weight is 622 g/mol. The first kappa shape index (κ1) is 33.4. The summed E-state index contributed by atoms with van der Waals surface area (Å²) >= 11 is 0. The molecule has 0 saturated heterocycles. The number of fused-ring (bicyclic) bond motifs is 2. The van der Waals surface area contributed by atoms with Crippen LogP contribution in [0.3, 0.4) is 0 Å². The number of hydrogen-bond donors (Lipinski definition) is 1. The predicted molar refractivity (Wildman–Crippen MR) is 175 cm³/mol. The van der Waals surface area contributed by atoms with Crippen molar-refractivity contribution in [3.8, 4) is 0 Å². The minimum Gasteiger partial charge on any atom is -0.481 e. The third kappa shape index (κ3) is 6.75. The number of carboxylic acids is 1. The van der Waals surface area contributed by atoms with E-state index in [0.29, 0.717) is 19.6 Å². The van der Waals surface area contributed by atoms with Gasteiger partial charge in [-0.05, 0) is 56.5 Å². The van der Waals surface area contributed by atoms with Crippen LogP contribution in [0, 0.1) is 0 Å². The van der Waals surface area contributed by atoms with Crippen LogP contribution in [0.25, 0.3) is 0 Å². The zero-order valence-corrected chi connectivity index (χ0v) is 27.5. The molecule has 0 radical (unpaired) electrons. The van der Waals surface area contributed by atoms with E-state index >= 15 is 0 Å². The highest BCUT2D eigenvalue weighted by Crippen LogP contribution is 2.48. The molecule has 44 heavy (non-hydrogen) atoms. The molecular formula is C35H45N2O6S+. The second kappa shape index (κ2) is 13.6. The minimum absolute atomic E-state index is 0.141. The highest BCUT2D eigenvalue weighted by atomic mass is 32.2. The van der Waals surface area contributed by atoms with Crippen LogP contribution in [0.1, 0.15) is 64.5 Å². The smallest absolute Gasteiger partial charge is 0.303 e. The Labute approximate surface area is 262 Å². The van der Waals surface area contributed by atoms with Gasteiger partial charge in [0.2, 0.25) is 5.69 Å². The predicted octanol–water partition coefficient (Wildman–Crippen LogP) is 6.48. The number of carbonyl (C=O) groups is 1. The van der Waals surface area contributed by atoms with Gasteiger partial charge in [0.05, 0.1) is 24.0 Å². The molecule has 0 aromatic heterocycles. The highest BCUT2D eigenvalue weighted by Gasteiger charge is 2.44. The van der Waals surface area contributed by atoms with E-state index < -0.39 is 21.5 Å². The molecule has 0 fully saturated rings. The number of carboxylic acid groups (broad SMARTS) is 1. The van der Waals surface area contributed by atoms with Crippen molar-refractivity contribution in [1.29, 1.82) is 0 Å². The Morgan fingerprint density at radius 2 is 1.70 bits per heavy atom.